The van der Waals surface area contributed by atoms with Crippen LogP contribution in [0.3, 0.4) is 0 Å². The Hall–Kier alpha value is -2.82. The highest BCUT2D eigenvalue weighted by atomic mass is 16.5. The lowest BCUT2D eigenvalue weighted by Gasteiger charge is -2.33. The van der Waals surface area contributed by atoms with Crippen LogP contribution in [0, 0.1) is 13.8 Å². The molecule has 1 atom stereocenters. The van der Waals surface area contributed by atoms with Gasteiger partial charge in [0.15, 0.2) is 6.61 Å². The van der Waals surface area contributed by atoms with Crippen LogP contribution in [-0.4, -0.2) is 34.9 Å². The summed E-state index contributed by atoms with van der Waals surface area (Å²) >= 11 is 0. The summed E-state index contributed by atoms with van der Waals surface area (Å²) in [7, 11) is 0. The summed E-state index contributed by atoms with van der Waals surface area (Å²) in [6, 6.07) is 15.0. The number of aryl methyl sites for hydroxylation is 2. The molecule has 0 saturated heterocycles. The first-order chi connectivity index (χ1) is 14.1. The Labute approximate surface area is 180 Å². The third kappa shape index (κ3) is 6.90. The van der Waals surface area contributed by atoms with Gasteiger partial charge in [-0.3, -0.25) is 9.59 Å². The van der Waals surface area contributed by atoms with Gasteiger partial charge in [0.25, 0.3) is 5.91 Å². The minimum atomic E-state index is -0.570. The molecular formula is C25H34N2O3. The van der Waals surface area contributed by atoms with Crippen molar-refractivity contribution in [3.63, 3.8) is 0 Å². The summed E-state index contributed by atoms with van der Waals surface area (Å²) in [5.41, 5.74) is 2.72. The van der Waals surface area contributed by atoms with E-state index in [1.54, 1.807) is 4.90 Å². The third-order valence-corrected chi connectivity index (χ3v) is 4.76. The number of benzene rings is 2. The molecule has 2 rings (SSSR count). The van der Waals surface area contributed by atoms with Gasteiger partial charge in [0.1, 0.15) is 11.8 Å². The van der Waals surface area contributed by atoms with Gasteiger partial charge in [-0.15, -0.1) is 0 Å². The normalized spacial score (nSPS) is 12.2. The average Bonchev–Trinajstić information content (AvgIpc) is 2.66. The second-order valence-electron chi connectivity index (χ2n) is 8.73. The molecule has 0 bridgehead atoms. The van der Waals surface area contributed by atoms with Gasteiger partial charge in [0.2, 0.25) is 5.91 Å². The van der Waals surface area contributed by atoms with Crippen molar-refractivity contribution in [1.82, 2.24) is 10.2 Å². The number of ether oxygens (including phenoxy) is 1. The fourth-order valence-electron chi connectivity index (χ4n) is 3.34. The van der Waals surface area contributed by atoms with Crippen molar-refractivity contribution >= 4 is 11.8 Å². The maximum Gasteiger partial charge on any atom is 0.261 e. The molecule has 2 amide bonds. The van der Waals surface area contributed by atoms with E-state index in [0.29, 0.717) is 18.7 Å². The van der Waals surface area contributed by atoms with E-state index in [2.05, 4.69) is 5.32 Å². The van der Waals surface area contributed by atoms with Crippen molar-refractivity contribution in [1.29, 1.82) is 0 Å². The molecule has 30 heavy (non-hydrogen) atoms. The summed E-state index contributed by atoms with van der Waals surface area (Å²) in [4.78, 5) is 27.8. The Morgan fingerprint density at radius 3 is 2.30 bits per heavy atom. The molecule has 0 aromatic heterocycles. The largest absolute Gasteiger partial charge is 0.483 e. The van der Waals surface area contributed by atoms with E-state index in [1.807, 2.05) is 90.1 Å². The highest BCUT2D eigenvalue weighted by Crippen LogP contribution is 2.20. The van der Waals surface area contributed by atoms with Crippen LogP contribution in [0.5, 0.6) is 5.75 Å². The van der Waals surface area contributed by atoms with Gasteiger partial charge in [0.05, 0.1) is 0 Å². The molecule has 0 aliphatic heterocycles. The average molecular weight is 411 g/mol. The number of carbonyl (C=O) groups is 2. The molecule has 0 aliphatic rings. The molecule has 2 aromatic carbocycles. The molecule has 0 fully saturated rings. The summed E-state index contributed by atoms with van der Waals surface area (Å²) < 4.78 is 5.82. The quantitative estimate of drug-likeness (QED) is 0.701. The lowest BCUT2D eigenvalue weighted by atomic mass is 10.1. The van der Waals surface area contributed by atoms with Gasteiger partial charge in [0, 0.05) is 12.1 Å². The van der Waals surface area contributed by atoms with Gasteiger partial charge in [-0.2, -0.15) is 0 Å². The molecule has 0 unspecified atom stereocenters. The highest BCUT2D eigenvalue weighted by molar-refractivity contribution is 5.88. The molecule has 0 heterocycles. The maximum atomic E-state index is 13.2. The van der Waals surface area contributed by atoms with Crippen LogP contribution in [0.25, 0.3) is 0 Å². The molecule has 5 heteroatoms. The first-order valence-electron chi connectivity index (χ1n) is 10.5. The van der Waals surface area contributed by atoms with E-state index in [4.69, 9.17) is 4.74 Å². The molecule has 1 N–H and O–H groups in total. The van der Waals surface area contributed by atoms with Crippen LogP contribution in [0.15, 0.2) is 48.5 Å². The standard InChI is InChI=1S/C25H34N2O3/c1-7-21(24(29)26-25(4,5)6)27(16-20-11-9-8-10-12-20)23(28)17-30-22-14-13-18(2)15-19(22)3/h8-15,21H,7,16-17H2,1-6H3,(H,26,29)/t21-/m1/s1. The monoisotopic (exact) mass is 410 g/mol. The first-order valence-corrected chi connectivity index (χ1v) is 10.5. The van der Waals surface area contributed by atoms with Gasteiger partial charge < -0.3 is 15.0 Å². The van der Waals surface area contributed by atoms with Crippen LogP contribution in [0.2, 0.25) is 0 Å². The molecule has 0 saturated carbocycles. The SMILES string of the molecule is CC[C@H](C(=O)NC(C)(C)C)N(Cc1ccccc1)C(=O)COc1ccc(C)cc1C. The van der Waals surface area contributed by atoms with Gasteiger partial charge >= 0.3 is 0 Å². The Bertz CT molecular complexity index is 856. The lowest BCUT2D eigenvalue weighted by molar-refractivity contribution is -0.143. The number of hydrogen-bond donors (Lipinski definition) is 1. The van der Waals surface area contributed by atoms with Crippen LogP contribution in [0.1, 0.15) is 50.8 Å². The van der Waals surface area contributed by atoms with Crippen LogP contribution >= 0.6 is 0 Å². The van der Waals surface area contributed by atoms with Crippen molar-refractivity contribution in [2.24, 2.45) is 0 Å². The number of amides is 2. The zero-order valence-electron chi connectivity index (χ0n) is 19.0. The second kappa shape index (κ2) is 10.3. The molecule has 5 nitrogen and oxygen atoms in total. The number of hydrogen-bond acceptors (Lipinski definition) is 3. The predicted molar refractivity (Wildman–Crippen MR) is 120 cm³/mol. The fourth-order valence-corrected chi connectivity index (χ4v) is 3.34. The zero-order valence-corrected chi connectivity index (χ0v) is 19.0. The molecule has 0 aliphatic carbocycles. The van der Waals surface area contributed by atoms with Crippen molar-refractivity contribution in [2.75, 3.05) is 6.61 Å². The Kier molecular flexibility index (Phi) is 8.04. The van der Waals surface area contributed by atoms with Crippen molar-refractivity contribution < 1.29 is 14.3 Å². The first kappa shape index (κ1) is 23.5. The Balaban J connectivity index is 2.22. The van der Waals surface area contributed by atoms with Crippen molar-refractivity contribution in [3.8, 4) is 5.75 Å². The Morgan fingerprint density at radius 2 is 1.73 bits per heavy atom. The van der Waals surface area contributed by atoms with E-state index >= 15 is 0 Å². The highest BCUT2D eigenvalue weighted by Gasteiger charge is 2.30. The van der Waals surface area contributed by atoms with E-state index in [-0.39, 0.29) is 24.0 Å². The van der Waals surface area contributed by atoms with E-state index in [9.17, 15) is 9.59 Å². The van der Waals surface area contributed by atoms with Crippen molar-refractivity contribution in [2.45, 2.75) is 66.1 Å². The molecule has 0 spiro atoms. The summed E-state index contributed by atoms with van der Waals surface area (Å²) in [6.07, 6.45) is 0.518. The number of carbonyl (C=O) groups excluding carboxylic acids is 2. The van der Waals surface area contributed by atoms with Crippen LogP contribution in [0.4, 0.5) is 0 Å². The maximum absolute atomic E-state index is 13.2. The van der Waals surface area contributed by atoms with E-state index in [1.165, 1.54) is 0 Å². The smallest absolute Gasteiger partial charge is 0.261 e. The van der Waals surface area contributed by atoms with Gasteiger partial charge in [-0.05, 0) is 58.2 Å². The lowest BCUT2D eigenvalue weighted by Crippen LogP contribution is -2.54. The summed E-state index contributed by atoms with van der Waals surface area (Å²) in [5, 5.41) is 3.01. The van der Waals surface area contributed by atoms with Crippen LogP contribution in [-0.2, 0) is 16.1 Å². The number of rotatable bonds is 8. The third-order valence-electron chi connectivity index (χ3n) is 4.76. The molecule has 0 radical (unpaired) electrons. The summed E-state index contributed by atoms with van der Waals surface area (Å²) in [6.45, 7) is 11.9. The van der Waals surface area contributed by atoms with E-state index < -0.39 is 6.04 Å². The molecular weight excluding hydrogens is 376 g/mol. The number of nitrogens with one attached hydrogen (secondary N) is 1. The zero-order chi connectivity index (χ0) is 22.3. The second-order valence-corrected chi connectivity index (χ2v) is 8.73. The predicted octanol–water partition coefficient (Wildman–Crippen LogP) is 4.40. The molecule has 162 valence electrons. The molecule has 2 aromatic rings. The fraction of sp³-hybridized carbons (Fsp3) is 0.440. The van der Waals surface area contributed by atoms with Crippen LogP contribution < -0.4 is 10.1 Å². The Morgan fingerprint density at radius 1 is 1.07 bits per heavy atom. The minimum absolute atomic E-state index is 0.115. The summed E-state index contributed by atoms with van der Waals surface area (Å²) in [5.74, 6) is 0.316. The van der Waals surface area contributed by atoms with Gasteiger partial charge in [-0.25, -0.2) is 0 Å². The topological polar surface area (TPSA) is 58.6 Å². The van der Waals surface area contributed by atoms with Gasteiger partial charge in [-0.1, -0.05) is 55.0 Å². The number of nitrogens with zero attached hydrogens (tertiary/aromatic N) is 1. The minimum Gasteiger partial charge on any atom is -0.483 e. The van der Waals surface area contributed by atoms with Crippen molar-refractivity contribution in [3.05, 3.63) is 65.2 Å². The van der Waals surface area contributed by atoms with E-state index in [0.717, 1.165) is 16.7 Å².